The third-order valence-corrected chi connectivity index (χ3v) is 4.95. The van der Waals surface area contributed by atoms with Gasteiger partial charge >= 0.3 is 0 Å². The molecule has 4 heteroatoms. The summed E-state index contributed by atoms with van der Waals surface area (Å²) in [5, 5.41) is 3.20. The van der Waals surface area contributed by atoms with Crippen molar-refractivity contribution in [2.75, 3.05) is 0 Å². The van der Waals surface area contributed by atoms with Gasteiger partial charge in [-0.05, 0) is 62.7 Å². The van der Waals surface area contributed by atoms with E-state index in [1.54, 1.807) is 6.92 Å². The second kappa shape index (κ2) is 4.77. The molecule has 4 bridgehead atoms. The van der Waals surface area contributed by atoms with Crippen LogP contribution in [-0.4, -0.2) is 18.0 Å². The summed E-state index contributed by atoms with van der Waals surface area (Å²) < 4.78 is 0. The van der Waals surface area contributed by atoms with Crippen LogP contribution in [0.1, 0.15) is 39.0 Å². The zero-order chi connectivity index (χ0) is 11.3. The normalized spacial score (nSPS) is 44.0. The summed E-state index contributed by atoms with van der Waals surface area (Å²) in [7, 11) is 0. The van der Waals surface area contributed by atoms with Crippen molar-refractivity contribution in [3.8, 4) is 0 Å². The van der Waals surface area contributed by atoms with Crippen LogP contribution >= 0.6 is 12.4 Å². The van der Waals surface area contributed by atoms with Crippen molar-refractivity contribution in [3.63, 3.8) is 0 Å². The predicted octanol–water partition coefficient (Wildman–Crippen LogP) is 1.70. The van der Waals surface area contributed by atoms with Crippen molar-refractivity contribution in [2.24, 2.45) is 29.4 Å². The van der Waals surface area contributed by atoms with E-state index in [1.807, 2.05) is 0 Å². The Balaban J connectivity index is 0.00000108. The molecule has 4 aliphatic carbocycles. The molecule has 0 aromatic carbocycles. The van der Waals surface area contributed by atoms with Gasteiger partial charge in [-0.25, -0.2) is 0 Å². The largest absolute Gasteiger partial charge is 0.351 e. The Morgan fingerprint density at radius 1 is 1.12 bits per heavy atom. The lowest BCUT2D eigenvalue weighted by Gasteiger charge is -2.54. The maximum Gasteiger partial charge on any atom is 0.236 e. The molecule has 4 saturated carbocycles. The van der Waals surface area contributed by atoms with Gasteiger partial charge in [0.15, 0.2) is 0 Å². The number of rotatable bonds is 2. The van der Waals surface area contributed by atoms with Crippen LogP contribution in [0.25, 0.3) is 0 Å². The van der Waals surface area contributed by atoms with Gasteiger partial charge in [0.2, 0.25) is 5.91 Å². The highest BCUT2D eigenvalue weighted by molar-refractivity contribution is 5.85. The van der Waals surface area contributed by atoms with Crippen molar-refractivity contribution in [3.05, 3.63) is 0 Å². The minimum atomic E-state index is -0.364. The molecule has 4 aliphatic rings. The average molecular weight is 259 g/mol. The third kappa shape index (κ3) is 2.32. The lowest BCUT2D eigenvalue weighted by Crippen LogP contribution is -2.57. The lowest BCUT2D eigenvalue weighted by molar-refractivity contribution is -0.125. The van der Waals surface area contributed by atoms with E-state index in [-0.39, 0.29) is 24.4 Å². The number of hydrogen-bond acceptors (Lipinski definition) is 2. The predicted molar refractivity (Wildman–Crippen MR) is 69.9 cm³/mol. The molecule has 98 valence electrons. The fourth-order valence-electron chi connectivity index (χ4n) is 4.46. The molecule has 17 heavy (non-hydrogen) atoms. The Morgan fingerprint density at radius 2 is 1.59 bits per heavy atom. The molecule has 0 unspecified atom stereocenters. The number of carbonyl (C=O) groups is 1. The van der Waals surface area contributed by atoms with Gasteiger partial charge in [0.05, 0.1) is 6.04 Å². The molecule has 0 heterocycles. The van der Waals surface area contributed by atoms with Crippen LogP contribution in [0.3, 0.4) is 0 Å². The van der Waals surface area contributed by atoms with Gasteiger partial charge in [-0.2, -0.15) is 0 Å². The summed E-state index contributed by atoms with van der Waals surface area (Å²) in [6.07, 6.45) is 6.84. The Kier molecular flexibility index (Phi) is 3.69. The third-order valence-electron chi connectivity index (χ3n) is 4.95. The molecule has 0 aromatic rings. The molecule has 1 amide bonds. The highest BCUT2D eigenvalue weighted by Gasteiger charge is 2.48. The van der Waals surface area contributed by atoms with Gasteiger partial charge in [0.25, 0.3) is 0 Å². The van der Waals surface area contributed by atoms with E-state index in [2.05, 4.69) is 5.32 Å². The highest BCUT2D eigenvalue weighted by atomic mass is 35.5. The number of amides is 1. The van der Waals surface area contributed by atoms with Gasteiger partial charge in [-0.3, -0.25) is 4.79 Å². The minimum Gasteiger partial charge on any atom is -0.351 e. The van der Waals surface area contributed by atoms with E-state index in [1.165, 1.54) is 32.1 Å². The SMILES string of the molecule is C[C@@H](N)C(=O)NC1C2CC3CC(C2)CC1C3.Cl. The molecule has 0 aliphatic heterocycles. The molecule has 0 aromatic heterocycles. The van der Waals surface area contributed by atoms with Crippen LogP contribution in [0.2, 0.25) is 0 Å². The van der Waals surface area contributed by atoms with E-state index in [0.717, 1.165) is 23.7 Å². The monoisotopic (exact) mass is 258 g/mol. The van der Waals surface area contributed by atoms with E-state index >= 15 is 0 Å². The highest BCUT2D eigenvalue weighted by Crippen LogP contribution is 2.53. The topological polar surface area (TPSA) is 55.1 Å². The molecule has 3 N–H and O–H groups in total. The first-order valence-electron chi connectivity index (χ1n) is 6.69. The molecule has 0 spiro atoms. The maximum absolute atomic E-state index is 11.7. The average Bonchev–Trinajstić information content (AvgIpc) is 2.21. The van der Waals surface area contributed by atoms with Crippen LogP contribution in [0.15, 0.2) is 0 Å². The number of carbonyl (C=O) groups excluding carboxylic acids is 1. The standard InChI is InChI=1S/C13H22N2O.ClH/c1-7(14)13(16)15-12-10-3-8-2-9(5-10)6-11(12)4-8;/h7-12H,2-6,14H2,1H3,(H,15,16);1H/t7-,8?,9?,10?,11?,12?;/m1./s1. The molecule has 4 fully saturated rings. The van der Waals surface area contributed by atoms with Crippen LogP contribution in [0.5, 0.6) is 0 Å². The minimum absolute atomic E-state index is 0. The Hall–Kier alpha value is -0.280. The second-order valence-electron chi connectivity index (χ2n) is 6.25. The summed E-state index contributed by atoms with van der Waals surface area (Å²) in [4.78, 5) is 11.7. The molecule has 1 atom stereocenters. The zero-order valence-electron chi connectivity index (χ0n) is 10.4. The van der Waals surface area contributed by atoms with Gasteiger partial charge in [-0.1, -0.05) is 0 Å². The molecule has 3 nitrogen and oxygen atoms in total. The van der Waals surface area contributed by atoms with Crippen molar-refractivity contribution in [2.45, 2.75) is 51.1 Å². The van der Waals surface area contributed by atoms with Gasteiger partial charge < -0.3 is 11.1 Å². The van der Waals surface area contributed by atoms with E-state index in [4.69, 9.17) is 5.73 Å². The van der Waals surface area contributed by atoms with Crippen molar-refractivity contribution < 1.29 is 4.79 Å². The number of halogens is 1. The van der Waals surface area contributed by atoms with E-state index < -0.39 is 0 Å². The quantitative estimate of drug-likeness (QED) is 0.792. The summed E-state index contributed by atoms with van der Waals surface area (Å²) in [6, 6.07) is 0.0727. The fraction of sp³-hybridized carbons (Fsp3) is 0.923. The van der Waals surface area contributed by atoms with Crippen molar-refractivity contribution >= 4 is 18.3 Å². The van der Waals surface area contributed by atoms with Gasteiger partial charge in [0, 0.05) is 6.04 Å². The molecular weight excluding hydrogens is 236 g/mol. The summed E-state index contributed by atoms with van der Waals surface area (Å²) in [5.74, 6) is 3.47. The second-order valence-corrected chi connectivity index (χ2v) is 6.25. The number of nitrogens with one attached hydrogen (secondary N) is 1. The molecule has 4 rings (SSSR count). The van der Waals surface area contributed by atoms with Crippen LogP contribution in [0.4, 0.5) is 0 Å². The van der Waals surface area contributed by atoms with Crippen molar-refractivity contribution in [1.29, 1.82) is 0 Å². The molecular formula is C13H23ClN2O. The Labute approximate surface area is 109 Å². The summed E-state index contributed by atoms with van der Waals surface area (Å²) in [6.45, 7) is 1.77. The Morgan fingerprint density at radius 3 is 2.00 bits per heavy atom. The zero-order valence-corrected chi connectivity index (χ0v) is 11.2. The maximum atomic E-state index is 11.7. The van der Waals surface area contributed by atoms with Crippen LogP contribution < -0.4 is 11.1 Å². The molecule has 0 saturated heterocycles. The van der Waals surface area contributed by atoms with E-state index in [9.17, 15) is 4.79 Å². The number of nitrogens with two attached hydrogens (primary N) is 1. The summed E-state index contributed by atoms with van der Waals surface area (Å²) in [5.41, 5.74) is 5.63. The fourth-order valence-corrected chi connectivity index (χ4v) is 4.46. The van der Waals surface area contributed by atoms with Crippen molar-refractivity contribution in [1.82, 2.24) is 5.32 Å². The first kappa shape index (κ1) is 13.2. The van der Waals surface area contributed by atoms with Crippen LogP contribution in [0, 0.1) is 23.7 Å². The van der Waals surface area contributed by atoms with Crippen LogP contribution in [-0.2, 0) is 4.79 Å². The smallest absolute Gasteiger partial charge is 0.236 e. The lowest BCUT2D eigenvalue weighted by atomic mass is 9.54. The first-order chi connectivity index (χ1) is 7.63. The first-order valence-corrected chi connectivity index (χ1v) is 6.69. The van der Waals surface area contributed by atoms with Gasteiger partial charge in [-0.15, -0.1) is 12.4 Å². The molecule has 0 radical (unpaired) electrons. The Bertz CT molecular complexity index is 278. The summed E-state index contributed by atoms with van der Waals surface area (Å²) >= 11 is 0. The van der Waals surface area contributed by atoms with E-state index in [0.29, 0.717) is 6.04 Å². The number of hydrogen-bond donors (Lipinski definition) is 2. The van der Waals surface area contributed by atoms with Gasteiger partial charge in [0.1, 0.15) is 0 Å².